The first-order valence-electron chi connectivity index (χ1n) is 12.6. The molecule has 0 saturated carbocycles. The Morgan fingerprint density at radius 2 is 1.32 bits per heavy atom. The summed E-state index contributed by atoms with van der Waals surface area (Å²) < 4.78 is 14.8. The van der Waals surface area contributed by atoms with Crippen LogP contribution in [0.5, 0.6) is 5.75 Å². The van der Waals surface area contributed by atoms with Gasteiger partial charge >= 0.3 is 5.97 Å². The lowest BCUT2D eigenvalue weighted by molar-refractivity contribution is -0.162. The molecule has 0 fully saturated rings. The van der Waals surface area contributed by atoms with Gasteiger partial charge in [0.25, 0.3) is 0 Å². The van der Waals surface area contributed by atoms with Gasteiger partial charge in [0, 0.05) is 46.2 Å². The number of benzene rings is 4. The van der Waals surface area contributed by atoms with E-state index in [1.54, 1.807) is 0 Å². The van der Waals surface area contributed by atoms with Crippen molar-refractivity contribution in [3.63, 3.8) is 0 Å². The molecular formula is C33H29O3S+. The molecule has 0 spiro atoms. The van der Waals surface area contributed by atoms with E-state index in [2.05, 4.69) is 86.7 Å². The predicted octanol–water partition coefficient (Wildman–Crippen LogP) is 8.52. The van der Waals surface area contributed by atoms with Crippen LogP contribution >= 0.6 is 10.5 Å². The molecule has 184 valence electrons. The van der Waals surface area contributed by atoms with Crippen molar-refractivity contribution in [1.82, 2.24) is 0 Å². The van der Waals surface area contributed by atoms with E-state index >= 15 is 0 Å². The summed E-state index contributed by atoms with van der Waals surface area (Å²) in [5.74, 6) is 0.402. The molecule has 0 aliphatic heterocycles. The number of esters is 1. The van der Waals surface area contributed by atoms with E-state index in [1.165, 1.54) is 25.1 Å². The second kappa shape index (κ2) is 9.53. The maximum absolute atomic E-state index is 13.0. The first-order valence-corrected chi connectivity index (χ1v) is 13.9. The van der Waals surface area contributed by atoms with Gasteiger partial charge in [-0.3, -0.25) is 0 Å². The molecule has 4 heteroatoms. The minimum Gasteiger partial charge on any atom is -0.481 e. The van der Waals surface area contributed by atoms with Gasteiger partial charge in [-0.25, -0.2) is 4.79 Å². The van der Waals surface area contributed by atoms with Crippen LogP contribution in [0.25, 0.3) is 25.1 Å². The Morgan fingerprint density at radius 3 is 1.92 bits per heavy atom. The Bertz CT molecular complexity index is 1560. The van der Waals surface area contributed by atoms with Crippen molar-refractivity contribution in [2.24, 2.45) is 0 Å². The Balaban J connectivity index is 1.26. The van der Waals surface area contributed by atoms with Crippen LogP contribution in [0.15, 0.2) is 103 Å². The SMILES string of the molecule is Cc1cc(-[s+]2c3ccccc3c3ccccc32)cc(C)c1OCC(=O)OC1(c2ccccc2)CC=CC1. The monoisotopic (exact) mass is 505 g/mol. The number of thiophene rings is 1. The number of carbonyl (C=O) groups is 1. The van der Waals surface area contributed by atoms with Crippen molar-refractivity contribution in [3.05, 3.63) is 120 Å². The molecule has 1 aliphatic carbocycles. The van der Waals surface area contributed by atoms with Crippen LogP contribution in [-0.2, 0) is 15.1 Å². The third kappa shape index (κ3) is 4.21. The maximum atomic E-state index is 13.0. The number of hydrogen-bond acceptors (Lipinski definition) is 3. The van der Waals surface area contributed by atoms with E-state index < -0.39 is 5.60 Å². The van der Waals surface area contributed by atoms with Gasteiger partial charge in [0.1, 0.15) is 11.4 Å². The minimum atomic E-state index is -0.639. The number of fused-ring (bicyclic) bond motifs is 3. The smallest absolute Gasteiger partial charge is 0.345 e. The van der Waals surface area contributed by atoms with Crippen LogP contribution < -0.4 is 4.74 Å². The fourth-order valence-corrected chi connectivity index (χ4v) is 8.05. The molecule has 3 nitrogen and oxygen atoms in total. The fourth-order valence-electron chi connectivity index (χ4n) is 5.49. The zero-order valence-electron chi connectivity index (χ0n) is 21.1. The highest BCUT2D eigenvalue weighted by Gasteiger charge is 2.37. The molecule has 0 atom stereocenters. The van der Waals surface area contributed by atoms with Crippen LogP contribution in [0.3, 0.4) is 0 Å². The molecule has 0 unspecified atom stereocenters. The number of hydrogen-bond donors (Lipinski definition) is 0. The van der Waals surface area contributed by atoms with Gasteiger partial charge in [-0.1, -0.05) is 66.7 Å². The molecule has 1 aliphatic rings. The summed E-state index contributed by atoms with van der Waals surface area (Å²) in [5.41, 5.74) is 2.43. The predicted molar refractivity (Wildman–Crippen MR) is 153 cm³/mol. The van der Waals surface area contributed by atoms with E-state index in [1.807, 2.05) is 30.3 Å². The topological polar surface area (TPSA) is 35.5 Å². The van der Waals surface area contributed by atoms with Crippen LogP contribution in [0.4, 0.5) is 0 Å². The molecule has 1 aromatic heterocycles. The normalized spacial score (nSPS) is 14.3. The van der Waals surface area contributed by atoms with Crippen molar-refractivity contribution in [1.29, 1.82) is 0 Å². The number of ether oxygens (including phenoxy) is 2. The summed E-state index contributed by atoms with van der Waals surface area (Å²) in [7, 11) is -0.166. The van der Waals surface area contributed by atoms with Crippen LogP contribution in [0.1, 0.15) is 29.5 Å². The summed E-state index contributed by atoms with van der Waals surface area (Å²) in [4.78, 5) is 14.2. The average Bonchev–Trinajstić information content (AvgIpc) is 3.52. The molecule has 0 saturated heterocycles. The van der Waals surface area contributed by atoms with E-state index in [0.29, 0.717) is 12.8 Å². The summed E-state index contributed by atoms with van der Waals surface area (Å²) in [6, 6.07) is 31.8. The van der Waals surface area contributed by atoms with Gasteiger partial charge in [-0.15, -0.1) is 0 Å². The molecule has 4 aromatic carbocycles. The first-order chi connectivity index (χ1) is 18.1. The van der Waals surface area contributed by atoms with Crippen LogP contribution in [0, 0.1) is 13.8 Å². The lowest BCUT2D eigenvalue weighted by Crippen LogP contribution is -2.32. The van der Waals surface area contributed by atoms with E-state index in [4.69, 9.17) is 9.47 Å². The molecule has 0 amide bonds. The summed E-state index contributed by atoms with van der Waals surface area (Å²) in [5, 5.41) is 2.63. The van der Waals surface area contributed by atoms with Crippen LogP contribution in [0.2, 0.25) is 0 Å². The second-order valence-electron chi connectivity index (χ2n) is 9.69. The van der Waals surface area contributed by atoms with Crippen molar-refractivity contribution in [2.45, 2.75) is 32.3 Å². The molecule has 37 heavy (non-hydrogen) atoms. The Morgan fingerprint density at radius 1 is 0.784 bits per heavy atom. The van der Waals surface area contributed by atoms with Gasteiger partial charge in [0.05, 0.1) is 0 Å². The average molecular weight is 506 g/mol. The molecular weight excluding hydrogens is 476 g/mol. The second-order valence-corrected chi connectivity index (χ2v) is 11.7. The molecule has 0 radical (unpaired) electrons. The molecule has 0 N–H and O–H groups in total. The largest absolute Gasteiger partial charge is 0.481 e. The molecule has 1 heterocycles. The highest BCUT2D eigenvalue weighted by Crippen LogP contribution is 2.49. The standard InChI is InChI=1S/C33H29O3S/c1-23-20-26(37-29-16-8-6-14-27(29)28-15-7-9-17-30(28)37)21-24(2)32(23)35-22-31(34)36-33(18-10-11-19-33)25-12-4-3-5-13-25/h3-17,20-21H,18-19,22H2,1-2H3/q+1. The summed E-state index contributed by atoms with van der Waals surface area (Å²) in [6.07, 6.45) is 5.52. The lowest BCUT2D eigenvalue weighted by atomic mass is 9.91. The van der Waals surface area contributed by atoms with Gasteiger partial charge in [0.2, 0.25) is 0 Å². The first kappa shape index (κ1) is 23.5. The summed E-state index contributed by atoms with van der Waals surface area (Å²) in [6.45, 7) is 3.99. The Kier molecular flexibility index (Phi) is 6.05. The van der Waals surface area contributed by atoms with Crippen molar-refractivity contribution >= 4 is 36.6 Å². The number of rotatable bonds is 6. The summed E-state index contributed by atoms with van der Waals surface area (Å²) >= 11 is 0. The fraction of sp³-hybridized carbons (Fsp3) is 0.182. The van der Waals surface area contributed by atoms with Crippen molar-refractivity contribution in [3.8, 4) is 10.6 Å². The third-order valence-electron chi connectivity index (χ3n) is 7.18. The van der Waals surface area contributed by atoms with Gasteiger partial charge in [-0.05, 0) is 54.8 Å². The Hall–Kier alpha value is -3.89. The van der Waals surface area contributed by atoms with E-state index in [-0.39, 0.29) is 23.0 Å². The number of aryl methyl sites for hydroxylation is 2. The van der Waals surface area contributed by atoms with Crippen molar-refractivity contribution < 1.29 is 14.3 Å². The Labute approximate surface area is 219 Å². The van der Waals surface area contributed by atoms with E-state index in [9.17, 15) is 4.79 Å². The lowest BCUT2D eigenvalue weighted by Gasteiger charge is -2.29. The highest BCUT2D eigenvalue weighted by atomic mass is 32.2. The van der Waals surface area contributed by atoms with Crippen molar-refractivity contribution in [2.75, 3.05) is 6.61 Å². The van der Waals surface area contributed by atoms with Crippen LogP contribution in [-0.4, -0.2) is 12.6 Å². The molecule has 0 bridgehead atoms. The molecule has 6 rings (SSSR count). The van der Waals surface area contributed by atoms with Gasteiger partial charge < -0.3 is 9.47 Å². The highest BCUT2D eigenvalue weighted by molar-refractivity contribution is 7.50. The van der Waals surface area contributed by atoms with E-state index in [0.717, 1.165) is 22.4 Å². The molecule has 5 aromatic rings. The third-order valence-corrected chi connectivity index (χ3v) is 9.48. The quantitative estimate of drug-likeness (QED) is 0.132. The van der Waals surface area contributed by atoms with Gasteiger partial charge in [0.15, 0.2) is 20.9 Å². The zero-order chi connectivity index (χ0) is 25.4. The zero-order valence-corrected chi connectivity index (χ0v) is 21.9. The minimum absolute atomic E-state index is 0.118. The van der Waals surface area contributed by atoms with Gasteiger partial charge in [-0.2, -0.15) is 0 Å². The maximum Gasteiger partial charge on any atom is 0.345 e. The number of carbonyl (C=O) groups excluding carboxylic acids is 1.